The lowest BCUT2D eigenvalue weighted by Gasteiger charge is -2.19. The third-order valence-corrected chi connectivity index (χ3v) is 4.08. The van der Waals surface area contributed by atoms with E-state index in [0.717, 1.165) is 0 Å². The summed E-state index contributed by atoms with van der Waals surface area (Å²) in [5.41, 5.74) is 1.31. The van der Waals surface area contributed by atoms with Gasteiger partial charge in [-0.15, -0.1) is 11.8 Å². The molecule has 0 bridgehead atoms. The van der Waals surface area contributed by atoms with Crippen LogP contribution in [0.15, 0.2) is 27.6 Å². The van der Waals surface area contributed by atoms with E-state index in [0.29, 0.717) is 6.04 Å². The number of rotatable bonds is 3. The number of benzene rings is 1. The Morgan fingerprint density at radius 2 is 1.94 bits per heavy atom. The molecule has 0 aliphatic carbocycles. The van der Waals surface area contributed by atoms with Gasteiger partial charge >= 0.3 is 0 Å². The third kappa shape index (κ3) is 4.11. The van der Waals surface area contributed by atoms with Crippen LogP contribution in [0.1, 0.15) is 39.3 Å². The number of hydrogen-bond donors (Lipinski definition) is 1. The molecule has 0 aliphatic rings. The maximum Gasteiger partial charge on any atom is 0.0300 e. The summed E-state index contributed by atoms with van der Waals surface area (Å²) < 4.78 is 1.44. The zero-order valence-electron chi connectivity index (χ0n) is 10.6. The fourth-order valence-corrected chi connectivity index (χ4v) is 3.33. The van der Waals surface area contributed by atoms with Gasteiger partial charge in [0.2, 0.25) is 0 Å². The van der Waals surface area contributed by atoms with Crippen LogP contribution < -0.4 is 5.32 Å². The van der Waals surface area contributed by atoms with Gasteiger partial charge in [-0.3, -0.25) is 0 Å². The van der Waals surface area contributed by atoms with E-state index in [-0.39, 0.29) is 4.75 Å². The molecule has 0 heterocycles. The van der Waals surface area contributed by atoms with Crippen LogP contribution in [0.25, 0.3) is 0 Å². The summed E-state index contributed by atoms with van der Waals surface area (Å²) >= 11 is 5.54. The highest BCUT2D eigenvalue weighted by atomic mass is 79.9. The maximum absolute atomic E-state index is 3.64. The van der Waals surface area contributed by atoms with Gasteiger partial charge in [0.25, 0.3) is 0 Å². The summed E-state index contributed by atoms with van der Waals surface area (Å²) in [6.07, 6.45) is 0. The molecule has 90 valence electrons. The topological polar surface area (TPSA) is 12.0 Å². The second-order valence-corrected chi connectivity index (χ2v) is 7.66. The minimum absolute atomic E-state index is 0.260. The quantitative estimate of drug-likeness (QED) is 0.818. The molecule has 0 saturated carbocycles. The van der Waals surface area contributed by atoms with Crippen molar-refractivity contribution in [1.82, 2.24) is 5.32 Å². The zero-order chi connectivity index (χ0) is 12.3. The van der Waals surface area contributed by atoms with Gasteiger partial charge in [-0.2, -0.15) is 0 Å². The molecule has 1 aromatic carbocycles. The first-order valence-corrected chi connectivity index (χ1v) is 7.10. The van der Waals surface area contributed by atoms with Crippen LogP contribution in [0.4, 0.5) is 0 Å². The molecule has 0 fully saturated rings. The highest BCUT2D eigenvalue weighted by Crippen LogP contribution is 2.35. The van der Waals surface area contributed by atoms with Crippen molar-refractivity contribution in [2.45, 2.75) is 43.4 Å². The molecule has 0 saturated heterocycles. The first kappa shape index (κ1) is 14.1. The molecule has 1 rings (SSSR count). The van der Waals surface area contributed by atoms with Gasteiger partial charge in [0.15, 0.2) is 0 Å². The summed E-state index contributed by atoms with van der Waals surface area (Å²) in [5, 5.41) is 3.25. The molecule has 1 atom stereocenters. The molecule has 0 aromatic heterocycles. The molecule has 0 radical (unpaired) electrons. The second-order valence-electron chi connectivity index (χ2n) is 4.91. The van der Waals surface area contributed by atoms with E-state index in [1.807, 2.05) is 18.8 Å². The highest BCUT2D eigenvalue weighted by molar-refractivity contribution is 9.10. The van der Waals surface area contributed by atoms with Crippen LogP contribution in [-0.4, -0.2) is 11.8 Å². The van der Waals surface area contributed by atoms with Crippen LogP contribution in [-0.2, 0) is 0 Å². The number of nitrogens with one attached hydrogen (secondary N) is 1. The zero-order valence-corrected chi connectivity index (χ0v) is 13.0. The van der Waals surface area contributed by atoms with Gasteiger partial charge < -0.3 is 5.32 Å². The minimum Gasteiger partial charge on any atom is -0.313 e. The van der Waals surface area contributed by atoms with Crippen LogP contribution in [0.2, 0.25) is 0 Å². The molecule has 16 heavy (non-hydrogen) atoms. The van der Waals surface area contributed by atoms with E-state index < -0.39 is 0 Å². The van der Waals surface area contributed by atoms with Gasteiger partial charge in [0.1, 0.15) is 0 Å². The Morgan fingerprint density at radius 1 is 1.31 bits per heavy atom. The van der Waals surface area contributed by atoms with Crippen molar-refractivity contribution in [3.8, 4) is 0 Å². The molecular weight excluding hydrogens is 282 g/mol. The predicted molar refractivity (Wildman–Crippen MR) is 77.2 cm³/mol. The standard InChI is InChI=1S/C13H20BrNS/c1-9(15-5)11-7-6-10(8-12(11)14)16-13(2,3)4/h6-9,15H,1-5H3. The molecule has 0 amide bonds. The van der Waals surface area contributed by atoms with E-state index in [9.17, 15) is 0 Å². The lowest BCUT2D eigenvalue weighted by atomic mass is 10.1. The molecular formula is C13H20BrNS. The summed E-state index contributed by atoms with van der Waals surface area (Å²) in [5.74, 6) is 0. The Hall–Kier alpha value is 0.01000. The van der Waals surface area contributed by atoms with Crippen molar-refractivity contribution in [3.05, 3.63) is 28.2 Å². The Morgan fingerprint density at radius 3 is 2.38 bits per heavy atom. The fraction of sp³-hybridized carbons (Fsp3) is 0.538. The molecule has 3 heteroatoms. The Balaban J connectivity index is 2.91. The lowest BCUT2D eigenvalue weighted by molar-refractivity contribution is 0.649. The Labute approximate surface area is 112 Å². The van der Waals surface area contributed by atoms with E-state index in [2.05, 4.69) is 67.1 Å². The molecule has 1 N–H and O–H groups in total. The molecule has 1 nitrogen and oxygen atoms in total. The third-order valence-electron chi connectivity index (χ3n) is 2.30. The Kier molecular flexibility index (Phi) is 4.89. The number of hydrogen-bond acceptors (Lipinski definition) is 2. The van der Waals surface area contributed by atoms with Crippen LogP contribution in [0.5, 0.6) is 0 Å². The van der Waals surface area contributed by atoms with Crippen molar-refractivity contribution in [3.63, 3.8) is 0 Å². The molecule has 0 aliphatic heterocycles. The summed E-state index contributed by atoms with van der Waals surface area (Å²) in [6.45, 7) is 8.86. The SMILES string of the molecule is CNC(C)c1ccc(SC(C)(C)C)cc1Br. The van der Waals surface area contributed by atoms with Crippen molar-refractivity contribution in [1.29, 1.82) is 0 Å². The average Bonchev–Trinajstić information content (AvgIpc) is 2.14. The van der Waals surface area contributed by atoms with E-state index in [1.165, 1.54) is 14.9 Å². The van der Waals surface area contributed by atoms with Crippen molar-refractivity contribution >= 4 is 27.7 Å². The summed E-state index contributed by atoms with van der Waals surface area (Å²) in [7, 11) is 1.98. The van der Waals surface area contributed by atoms with Crippen LogP contribution >= 0.6 is 27.7 Å². The number of thioether (sulfide) groups is 1. The monoisotopic (exact) mass is 301 g/mol. The smallest absolute Gasteiger partial charge is 0.0300 e. The van der Waals surface area contributed by atoms with E-state index >= 15 is 0 Å². The molecule has 1 unspecified atom stereocenters. The second kappa shape index (κ2) is 5.56. The van der Waals surface area contributed by atoms with Crippen molar-refractivity contribution in [2.75, 3.05) is 7.05 Å². The lowest BCUT2D eigenvalue weighted by Crippen LogP contribution is -2.13. The minimum atomic E-state index is 0.260. The van der Waals surface area contributed by atoms with Gasteiger partial charge in [-0.25, -0.2) is 0 Å². The highest BCUT2D eigenvalue weighted by Gasteiger charge is 2.14. The predicted octanol–water partition coefficient (Wildman–Crippen LogP) is 4.62. The van der Waals surface area contributed by atoms with Crippen molar-refractivity contribution in [2.24, 2.45) is 0 Å². The van der Waals surface area contributed by atoms with Crippen LogP contribution in [0, 0.1) is 0 Å². The fourth-order valence-electron chi connectivity index (χ4n) is 1.43. The average molecular weight is 302 g/mol. The van der Waals surface area contributed by atoms with Gasteiger partial charge in [0, 0.05) is 20.2 Å². The summed E-state index contributed by atoms with van der Waals surface area (Å²) in [4.78, 5) is 1.31. The first-order chi connectivity index (χ1) is 7.33. The largest absolute Gasteiger partial charge is 0.313 e. The normalized spacial score (nSPS) is 13.9. The molecule has 0 spiro atoms. The van der Waals surface area contributed by atoms with Crippen molar-refractivity contribution < 1.29 is 0 Å². The van der Waals surface area contributed by atoms with Gasteiger partial charge in [0.05, 0.1) is 0 Å². The van der Waals surface area contributed by atoms with E-state index in [1.54, 1.807) is 0 Å². The summed E-state index contributed by atoms with van der Waals surface area (Å²) in [6, 6.07) is 6.98. The first-order valence-electron chi connectivity index (χ1n) is 5.49. The Bertz CT molecular complexity index is 357. The van der Waals surface area contributed by atoms with Gasteiger partial charge in [-0.1, -0.05) is 42.8 Å². The van der Waals surface area contributed by atoms with Crippen LogP contribution in [0.3, 0.4) is 0 Å². The maximum atomic E-state index is 3.64. The number of halogens is 1. The van der Waals surface area contributed by atoms with E-state index in [4.69, 9.17) is 0 Å². The molecule has 1 aromatic rings. The van der Waals surface area contributed by atoms with Gasteiger partial charge in [-0.05, 0) is 31.7 Å².